The van der Waals surface area contributed by atoms with Crippen molar-refractivity contribution in [3.05, 3.63) is 65.1 Å². The summed E-state index contributed by atoms with van der Waals surface area (Å²) in [6, 6.07) is 13.9. The third kappa shape index (κ3) is 4.38. The Morgan fingerprint density at radius 3 is 2.30 bits per heavy atom. The highest BCUT2D eigenvalue weighted by Crippen LogP contribution is 2.14. The molecular weight excluding hydrogens is 344 g/mol. The largest absolute Gasteiger partial charge is 0.326 e. The number of nitrogens with one attached hydrogen (secondary N) is 2. The van der Waals surface area contributed by atoms with E-state index in [2.05, 4.69) is 15.7 Å². The predicted molar refractivity (Wildman–Crippen MR) is 105 cm³/mol. The Kier molecular flexibility index (Phi) is 5.30. The number of hydrogen-bond donors (Lipinski definition) is 2. The second-order valence-electron chi connectivity index (χ2n) is 6.46. The molecule has 7 nitrogen and oxygen atoms in total. The van der Waals surface area contributed by atoms with Gasteiger partial charge in [-0.25, -0.2) is 4.68 Å². The molecule has 2 N–H and O–H groups in total. The van der Waals surface area contributed by atoms with E-state index in [-0.39, 0.29) is 29.8 Å². The lowest BCUT2D eigenvalue weighted by atomic mass is 10.2. The molecule has 3 rings (SSSR count). The van der Waals surface area contributed by atoms with E-state index in [0.29, 0.717) is 16.8 Å². The molecule has 2 aromatic carbocycles. The van der Waals surface area contributed by atoms with Crippen molar-refractivity contribution < 1.29 is 9.59 Å². The molecule has 1 heterocycles. The summed E-state index contributed by atoms with van der Waals surface area (Å²) in [5.74, 6) is -0.551. The number of nitrogens with zero attached hydrogens (tertiary/aromatic N) is 2. The number of amides is 2. The maximum Gasteiger partial charge on any atom is 0.275 e. The normalized spacial score (nSPS) is 10.8. The Balaban J connectivity index is 1.67. The molecule has 7 heteroatoms. The van der Waals surface area contributed by atoms with Crippen LogP contribution in [0, 0.1) is 5.92 Å². The number of aromatic nitrogens is 2. The fraction of sp³-hybridized carbons (Fsp3) is 0.200. The van der Waals surface area contributed by atoms with Crippen LogP contribution < -0.4 is 16.2 Å². The van der Waals surface area contributed by atoms with Crippen molar-refractivity contribution in [3.63, 3.8) is 0 Å². The zero-order chi connectivity index (χ0) is 19.4. The van der Waals surface area contributed by atoms with E-state index < -0.39 is 0 Å². The third-order valence-electron chi connectivity index (χ3n) is 4.02. The van der Waals surface area contributed by atoms with Gasteiger partial charge in [-0.3, -0.25) is 14.4 Å². The number of anilines is 2. The van der Waals surface area contributed by atoms with Crippen molar-refractivity contribution in [1.82, 2.24) is 9.78 Å². The molecule has 0 fully saturated rings. The van der Waals surface area contributed by atoms with E-state index in [9.17, 15) is 14.4 Å². The molecule has 0 saturated carbocycles. The molecule has 1 aromatic heterocycles. The van der Waals surface area contributed by atoms with Crippen molar-refractivity contribution in [2.75, 3.05) is 10.6 Å². The van der Waals surface area contributed by atoms with Crippen LogP contribution in [-0.2, 0) is 16.1 Å². The summed E-state index contributed by atoms with van der Waals surface area (Å²) in [6.07, 6.45) is 1.57. The average molecular weight is 364 g/mol. The van der Waals surface area contributed by atoms with Crippen LogP contribution in [0.25, 0.3) is 10.8 Å². The zero-order valence-corrected chi connectivity index (χ0v) is 15.1. The number of hydrogen-bond acceptors (Lipinski definition) is 4. The summed E-state index contributed by atoms with van der Waals surface area (Å²) in [6.45, 7) is 3.44. The van der Waals surface area contributed by atoms with E-state index in [0.717, 1.165) is 10.1 Å². The third-order valence-corrected chi connectivity index (χ3v) is 4.02. The summed E-state index contributed by atoms with van der Waals surface area (Å²) in [4.78, 5) is 36.3. The Labute approximate surface area is 156 Å². The van der Waals surface area contributed by atoms with Crippen molar-refractivity contribution in [1.29, 1.82) is 0 Å². The highest BCUT2D eigenvalue weighted by Gasteiger charge is 2.10. The van der Waals surface area contributed by atoms with Gasteiger partial charge in [0.15, 0.2) is 0 Å². The van der Waals surface area contributed by atoms with E-state index in [1.165, 1.54) is 0 Å². The highest BCUT2D eigenvalue weighted by molar-refractivity contribution is 5.93. The van der Waals surface area contributed by atoms with Gasteiger partial charge in [0.2, 0.25) is 11.8 Å². The minimum absolute atomic E-state index is 0.0754. The molecule has 0 atom stereocenters. The Morgan fingerprint density at radius 2 is 1.63 bits per heavy atom. The van der Waals surface area contributed by atoms with Gasteiger partial charge < -0.3 is 10.6 Å². The van der Waals surface area contributed by atoms with Gasteiger partial charge >= 0.3 is 0 Å². The summed E-state index contributed by atoms with van der Waals surface area (Å²) >= 11 is 0. The lowest BCUT2D eigenvalue weighted by Crippen LogP contribution is -2.29. The highest BCUT2D eigenvalue weighted by atomic mass is 16.2. The minimum atomic E-state index is -0.362. The molecule has 0 aliphatic carbocycles. The molecule has 0 aliphatic rings. The van der Waals surface area contributed by atoms with E-state index in [4.69, 9.17) is 0 Å². The summed E-state index contributed by atoms with van der Waals surface area (Å²) < 4.78 is 1.13. The SMILES string of the molecule is CC(C)C(=O)Nc1ccc(NC(=O)Cn2ncc3ccccc3c2=O)cc1. The van der Waals surface area contributed by atoms with E-state index in [1.54, 1.807) is 48.7 Å². The maximum absolute atomic E-state index is 12.4. The van der Waals surface area contributed by atoms with Crippen molar-refractivity contribution >= 4 is 34.0 Å². The van der Waals surface area contributed by atoms with Crippen molar-refractivity contribution in [2.24, 2.45) is 5.92 Å². The average Bonchev–Trinajstić information content (AvgIpc) is 2.65. The van der Waals surface area contributed by atoms with Crippen LogP contribution in [-0.4, -0.2) is 21.6 Å². The van der Waals surface area contributed by atoms with Gasteiger partial charge in [0.05, 0.1) is 11.6 Å². The number of carbonyl (C=O) groups excluding carboxylic acids is 2. The number of fused-ring (bicyclic) bond motifs is 1. The maximum atomic E-state index is 12.4. The molecule has 138 valence electrons. The predicted octanol–water partition coefficient (Wildman–Crippen LogP) is 2.63. The number of carbonyl (C=O) groups is 2. The van der Waals surface area contributed by atoms with Gasteiger partial charge in [-0.15, -0.1) is 0 Å². The van der Waals surface area contributed by atoms with Gasteiger partial charge in [0.25, 0.3) is 5.56 Å². The van der Waals surface area contributed by atoms with E-state index >= 15 is 0 Å². The molecule has 0 spiro atoms. The first-order chi connectivity index (χ1) is 12.9. The summed E-state index contributed by atoms with van der Waals surface area (Å²) in [5, 5.41) is 10.8. The first kappa shape index (κ1) is 18.3. The van der Waals surface area contributed by atoms with Crippen LogP contribution in [0.4, 0.5) is 11.4 Å². The second kappa shape index (κ2) is 7.82. The van der Waals surface area contributed by atoms with Gasteiger partial charge in [-0.05, 0) is 30.3 Å². The van der Waals surface area contributed by atoms with Gasteiger partial charge in [-0.1, -0.05) is 32.0 Å². The van der Waals surface area contributed by atoms with Crippen LogP contribution in [0.5, 0.6) is 0 Å². The monoisotopic (exact) mass is 364 g/mol. The standard InChI is InChI=1S/C20H20N4O3/c1-13(2)19(26)23-16-9-7-15(8-10-16)22-18(25)12-24-20(27)17-6-4-3-5-14(17)11-21-24/h3-11,13H,12H2,1-2H3,(H,22,25)(H,23,26). The molecule has 27 heavy (non-hydrogen) atoms. The molecule has 0 bridgehead atoms. The smallest absolute Gasteiger partial charge is 0.275 e. The quantitative estimate of drug-likeness (QED) is 0.728. The van der Waals surface area contributed by atoms with Gasteiger partial charge in [0, 0.05) is 22.7 Å². The Morgan fingerprint density at radius 1 is 1.00 bits per heavy atom. The first-order valence-electron chi connectivity index (χ1n) is 8.59. The van der Waals surface area contributed by atoms with Gasteiger partial charge in [-0.2, -0.15) is 5.10 Å². The lowest BCUT2D eigenvalue weighted by molar-refractivity contribution is -0.119. The second-order valence-corrected chi connectivity index (χ2v) is 6.46. The molecule has 0 saturated heterocycles. The number of rotatable bonds is 5. The van der Waals surface area contributed by atoms with Gasteiger partial charge in [0.1, 0.15) is 6.54 Å². The van der Waals surface area contributed by atoms with Crippen LogP contribution in [0.3, 0.4) is 0 Å². The fourth-order valence-corrected chi connectivity index (χ4v) is 2.50. The molecule has 2 amide bonds. The van der Waals surface area contributed by atoms with Crippen LogP contribution >= 0.6 is 0 Å². The summed E-state index contributed by atoms with van der Waals surface area (Å²) in [5.41, 5.74) is 0.908. The van der Waals surface area contributed by atoms with Crippen LogP contribution in [0.2, 0.25) is 0 Å². The molecular formula is C20H20N4O3. The minimum Gasteiger partial charge on any atom is -0.326 e. The molecule has 0 aliphatic heterocycles. The van der Waals surface area contributed by atoms with E-state index in [1.807, 2.05) is 19.9 Å². The Bertz CT molecular complexity index is 1040. The molecule has 3 aromatic rings. The lowest BCUT2D eigenvalue weighted by Gasteiger charge is -2.10. The van der Waals surface area contributed by atoms with Crippen LogP contribution in [0.15, 0.2) is 59.5 Å². The topological polar surface area (TPSA) is 93.1 Å². The first-order valence-corrected chi connectivity index (χ1v) is 8.59. The zero-order valence-electron chi connectivity index (χ0n) is 15.1. The van der Waals surface area contributed by atoms with Crippen LogP contribution in [0.1, 0.15) is 13.8 Å². The van der Waals surface area contributed by atoms with Crippen molar-refractivity contribution in [2.45, 2.75) is 20.4 Å². The molecule has 0 radical (unpaired) electrons. The summed E-state index contributed by atoms with van der Waals surface area (Å²) in [7, 11) is 0. The number of benzene rings is 2. The Hall–Kier alpha value is -3.48. The molecule has 0 unspecified atom stereocenters. The fourth-order valence-electron chi connectivity index (χ4n) is 2.50. The van der Waals surface area contributed by atoms with Crippen molar-refractivity contribution in [3.8, 4) is 0 Å².